The molecule has 0 radical (unpaired) electrons. The molecule has 5 nitrogen and oxygen atoms in total. The Kier molecular flexibility index (Phi) is 3.20. The summed E-state index contributed by atoms with van der Waals surface area (Å²) in [5.41, 5.74) is 9.32. The van der Waals surface area contributed by atoms with E-state index >= 15 is 0 Å². The SMILES string of the molecule is CC(C)(C)Nc1ncnc(N2CCc3ccccc32)c1N. The van der Waals surface area contributed by atoms with Crippen LogP contribution in [0.4, 0.5) is 23.0 Å². The maximum atomic E-state index is 6.30. The lowest BCUT2D eigenvalue weighted by Gasteiger charge is -2.25. The monoisotopic (exact) mass is 283 g/mol. The summed E-state index contributed by atoms with van der Waals surface area (Å²) in [6, 6.07) is 8.38. The van der Waals surface area contributed by atoms with Gasteiger partial charge in [0.25, 0.3) is 0 Å². The number of nitrogens with zero attached hydrogens (tertiary/aromatic N) is 3. The Balaban J connectivity index is 1.99. The van der Waals surface area contributed by atoms with Crippen molar-refractivity contribution < 1.29 is 0 Å². The number of anilines is 4. The van der Waals surface area contributed by atoms with E-state index in [2.05, 4.69) is 59.2 Å². The van der Waals surface area contributed by atoms with Gasteiger partial charge in [0.15, 0.2) is 11.6 Å². The van der Waals surface area contributed by atoms with E-state index in [1.807, 2.05) is 6.07 Å². The Morgan fingerprint density at radius 1 is 1.19 bits per heavy atom. The van der Waals surface area contributed by atoms with Crippen LogP contribution in [0.5, 0.6) is 0 Å². The summed E-state index contributed by atoms with van der Waals surface area (Å²) in [7, 11) is 0. The van der Waals surface area contributed by atoms with Crippen molar-refractivity contribution in [3.05, 3.63) is 36.2 Å². The molecule has 2 aromatic rings. The van der Waals surface area contributed by atoms with Gasteiger partial charge in [-0.3, -0.25) is 0 Å². The van der Waals surface area contributed by atoms with Crippen LogP contribution in [0, 0.1) is 0 Å². The molecule has 0 unspecified atom stereocenters. The molecule has 0 fully saturated rings. The van der Waals surface area contributed by atoms with Gasteiger partial charge in [0.05, 0.1) is 0 Å². The number of fused-ring (bicyclic) bond motifs is 1. The number of nitrogens with two attached hydrogens (primary N) is 1. The van der Waals surface area contributed by atoms with E-state index in [1.165, 1.54) is 11.3 Å². The van der Waals surface area contributed by atoms with E-state index in [-0.39, 0.29) is 5.54 Å². The summed E-state index contributed by atoms with van der Waals surface area (Å²) in [4.78, 5) is 10.8. The van der Waals surface area contributed by atoms with Gasteiger partial charge in [0, 0.05) is 17.8 Å². The van der Waals surface area contributed by atoms with Crippen molar-refractivity contribution in [1.82, 2.24) is 9.97 Å². The van der Waals surface area contributed by atoms with E-state index < -0.39 is 0 Å². The van der Waals surface area contributed by atoms with Crippen LogP contribution in [-0.2, 0) is 6.42 Å². The molecule has 1 aromatic carbocycles. The maximum Gasteiger partial charge on any atom is 0.161 e. The van der Waals surface area contributed by atoms with Gasteiger partial charge in [-0.15, -0.1) is 0 Å². The number of aromatic nitrogens is 2. The molecule has 0 aliphatic carbocycles. The minimum Gasteiger partial charge on any atom is -0.393 e. The van der Waals surface area contributed by atoms with Crippen LogP contribution in [0.15, 0.2) is 30.6 Å². The first kappa shape index (κ1) is 13.7. The van der Waals surface area contributed by atoms with Crippen molar-refractivity contribution in [1.29, 1.82) is 0 Å². The fourth-order valence-electron chi connectivity index (χ4n) is 2.61. The van der Waals surface area contributed by atoms with Gasteiger partial charge in [-0.05, 0) is 38.8 Å². The van der Waals surface area contributed by atoms with Crippen molar-refractivity contribution in [2.24, 2.45) is 0 Å². The van der Waals surface area contributed by atoms with E-state index in [4.69, 9.17) is 5.73 Å². The highest BCUT2D eigenvalue weighted by atomic mass is 15.2. The van der Waals surface area contributed by atoms with Crippen molar-refractivity contribution in [3.63, 3.8) is 0 Å². The van der Waals surface area contributed by atoms with Crippen molar-refractivity contribution >= 4 is 23.0 Å². The van der Waals surface area contributed by atoms with Crippen molar-refractivity contribution in [2.75, 3.05) is 22.5 Å². The van der Waals surface area contributed by atoms with Gasteiger partial charge >= 0.3 is 0 Å². The number of benzene rings is 1. The summed E-state index contributed by atoms with van der Waals surface area (Å²) in [5.74, 6) is 1.47. The zero-order valence-corrected chi connectivity index (χ0v) is 12.7. The molecule has 3 N–H and O–H groups in total. The highest BCUT2D eigenvalue weighted by Gasteiger charge is 2.24. The third-order valence-corrected chi connectivity index (χ3v) is 3.50. The summed E-state index contributed by atoms with van der Waals surface area (Å²) in [5, 5.41) is 3.33. The van der Waals surface area contributed by atoms with E-state index in [1.54, 1.807) is 6.33 Å². The van der Waals surface area contributed by atoms with Gasteiger partial charge in [-0.25, -0.2) is 9.97 Å². The van der Waals surface area contributed by atoms with Gasteiger partial charge in [0.2, 0.25) is 0 Å². The quantitative estimate of drug-likeness (QED) is 0.887. The van der Waals surface area contributed by atoms with Crippen LogP contribution in [0.2, 0.25) is 0 Å². The van der Waals surface area contributed by atoms with Crippen LogP contribution in [0.3, 0.4) is 0 Å². The standard InChI is InChI=1S/C16H21N5/c1-16(2,3)20-14-13(17)15(19-10-18-14)21-9-8-11-6-4-5-7-12(11)21/h4-7,10H,8-9,17H2,1-3H3,(H,18,19,20). The molecule has 1 aliphatic rings. The molecule has 0 atom stereocenters. The molecule has 0 saturated carbocycles. The highest BCUT2D eigenvalue weighted by molar-refractivity contribution is 5.81. The molecule has 5 heteroatoms. The first-order chi connectivity index (χ1) is 9.96. The van der Waals surface area contributed by atoms with E-state index in [0.29, 0.717) is 11.5 Å². The lowest BCUT2D eigenvalue weighted by atomic mass is 10.1. The smallest absolute Gasteiger partial charge is 0.161 e. The predicted octanol–water partition coefficient (Wildman–Crippen LogP) is 2.96. The molecule has 2 heterocycles. The Morgan fingerprint density at radius 3 is 2.71 bits per heavy atom. The molecule has 1 aromatic heterocycles. The second-order valence-electron chi connectivity index (χ2n) is 6.36. The molecule has 0 bridgehead atoms. The fraction of sp³-hybridized carbons (Fsp3) is 0.375. The summed E-state index contributed by atoms with van der Waals surface area (Å²) < 4.78 is 0. The number of para-hydroxylation sites is 1. The zero-order chi connectivity index (χ0) is 15.0. The van der Waals surface area contributed by atoms with Crippen LogP contribution in [0.25, 0.3) is 0 Å². The third-order valence-electron chi connectivity index (χ3n) is 3.50. The van der Waals surface area contributed by atoms with Crippen LogP contribution < -0.4 is 16.0 Å². The van der Waals surface area contributed by atoms with Gasteiger partial charge in [-0.1, -0.05) is 18.2 Å². The molecule has 3 rings (SSSR count). The lowest BCUT2D eigenvalue weighted by Crippen LogP contribution is -2.28. The highest BCUT2D eigenvalue weighted by Crippen LogP contribution is 2.37. The van der Waals surface area contributed by atoms with Gasteiger partial charge in [0.1, 0.15) is 12.0 Å². The average molecular weight is 283 g/mol. The normalized spacial score (nSPS) is 14.1. The van der Waals surface area contributed by atoms with Crippen LogP contribution >= 0.6 is 0 Å². The molecule has 0 saturated heterocycles. The van der Waals surface area contributed by atoms with Crippen LogP contribution in [0.1, 0.15) is 26.3 Å². The summed E-state index contributed by atoms with van der Waals surface area (Å²) >= 11 is 0. The number of nitrogens with one attached hydrogen (secondary N) is 1. The van der Waals surface area contributed by atoms with Crippen molar-refractivity contribution in [2.45, 2.75) is 32.7 Å². The van der Waals surface area contributed by atoms with Gasteiger partial charge < -0.3 is 16.0 Å². The number of nitrogen functional groups attached to an aromatic ring is 1. The zero-order valence-electron chi connectivity index (χ0n) is 12.7. The Labute approximate surface area is 125 Å². The average Bonchev–Trinajstić information content (AvgIpc) is 2.84. The second kappa shape index (κ2) is 4.91. The van der Waals surface area contributed by atoms with Crippen molar-refractivity contribution in [3.8, 4) is 0 Å². The first-order valence-corrected chi connectivity index (χ1v) is 7.20. The molecule has 21 heavy (non-hydrogen) atoms. The molecular weight excluding hydrogens is 262 g/mol. The minimum atomic E-state index is -0.0946. The topological polar surface area (TPSA) is 67.1 Å². The molecular formula is C16H21N5. The number of hydrogen-bond donors (Lipinski definition) is 2. The predicted molar refractivity (Wildman–Crippen MR) is 87.0 cm³/mol. The van der Waals surface area contributed by atoms with Gasteiger partial charge in [-0.2, -0.15) is 0 Å². The van der Waals surface area contributed by atoms with Crippen LogP contribution in [-0.4, -0.2) is 22.1 Å². The Hall–Kier alpha value is -2.30. The Morgan fingerprint density at radius 2 is 1.95 bits per heavy atom. The molecule has 0 spiro atoms. The fourth-order valence-corrected chi connectivity index (χ4v) is 2.61. The largest absolute Gasteiger partial charge is 0.393 e. The van der Waals surface area contributed by atoms with E-state index in [0.717, 1.165) is 18.8 Å². The van der Waals surface area contributed by atoms with E-state index in [9.17, 15) is 0 Å². The summed E-state index contributed by atoms with van der Waals surface area (Å²) in [6.45, 7) is 7.15. The molecule has 1 aliphatic heterocycles. The number of rotatable bonds is 2. The second-order valence-corrected chi connectivity index (χ2v) is 6.36. The summed E-state index contributed by atoms with van der Waals surface area (Å²) in [6.07, 6.45) is 2.59. The number of hydrogen-bond acceptors (Lipinski definition) is 5. The maximum absolute atomic E-state index is 6.30. The molecule has 0 amide bonds. The molecule has 110 valence electrons. The first-order valence-electron chi connectivity index (χ1n) is 7.20. The lowest BCUT2D eigenvalue weighted by molar-refractivity contribution is 0.630. The Bertz CT molecular complexity index is 660. The third kappa shape index (κ3) is 2.63. The minimum absolute atomic E-state index is 0.0946.